The maximum Gasteiger partial charge on any atom is 0.311 e. The Labute approximate surface area is 46.8 Å². The van der Waals surface area contributed by atoms with E-state index in [-0.39, 0.29) is 6.29 Å². The molecule has 45 valence electrons. The van der Waals surface area contributed by atoms with E-state index in [1.54, 1.807) is 6.41 Å². The fourth-order valence-corrected chi connectivity index (χ4v) is 0.503. The van der Waals surface area contributed by atoms with Gasteiger partial charge in [0.25, 0.3) is 0 Å². The quantitative estimate of drug-likeness (QED) is 0.302. The van der Waals surface area contributed by atoms with Gasteiger partial charge in [0.15, 0.2) is 0 Å². The molecule has 8 heavy (non-hydrogen) atoms. The number of nitrogens with one attached hydrogen (secondary N) is 4. The van der Waals surface area contributed by atoms with Crippen LogP contribution in [0.25, 0.3) is 0 Å². The standard InChI is InChI=1S/C3H7N4O/c8-2-5-3-4-1-6-7-3/h3-4,6-7H,1H2,(H,5,8). The Balaban J connectivity index is 2.14. The van der Waals surface area contributed by atoms with Crippen molar-refractivity contribution < 1.29 is 4.79 Å². The summed E-state index contributed by atoms with van der Waals surface area (Å²) < 4.78 is 0. The van der Waals surface area contributed by atoms with Gasteiger partial charge in [-0.15, -0.1) is 0 Å². The third kappa shape index (κ3) is 1.16. The molecule has 1 unspecified atom stereocenters. The SMILES string of the molecule is O=[C]NC1NCNN1. The van der Waals surface area contributed by atoms with E-state index in [2.05, 4.69) is 21.5 Å². The second-order valence-electron chi connectivity index (χ2n) is 1.38. The molecule has 0 bridgehead atoms. The van der Waals surface area contributed by atoms with Gasteiger partial charge < -0.3 is 5.32 Å². The molecule has 1 atom stereocenters. The van der Waals surface area contributed by atoms with Gasteiger partial charge in [-0.2, -0.15) is 0 Å². The minimum Gasteiger partial charge on any atom is -0.319 e. The molecule has 1 saturated heterocycles. The monoisotopic (exact) mass is 115 g/mol. The van der Waals surface area contributed by atoms with Crippen LogP contribution < -0.4 is 21.5 Å². The molecule has 1 aliphatic heterocycles. The number of rotatable bonds is 2. The number of hydrogen-bond acceptors (Lipinski definition) is 4. The average Bonchev–Trinajstić information content (AvgIpc) is 2.19. The van der Waals surface area contributed by atoms with E-state index in [1.165, 1.54) is 0 Å². The first-order valence-corrected chi connectivity index (χ1v) is 2.28. The summed E-state index contributed by atoms with van der Waals surface area (Å²) in [7, 11) is 0. The van der Waals surface area contributed by atoms with Gasteiger partial charge in [-0.25, -0.2) is 10.9 Å². The van der Waals surface area contributed by atoms with Crippen molar-refractivity contribution in [3.05, 3.63) is 0 Å². The smallest absolute Gasteiger partial charge is 0.311 e. The van der Waals surface area contributed by atoms with Gasteiger partial charge in [0.2, 0.25) is 0 Å². The van der Waals surface area contributed by atoms with E-state index >= 15 is 0 Å². The molecule has 0 saturated carbocycles. The molecule has 0 aromatic rings. The topological polar surface area (TPSA) is 65.2 Å². The second-order valence-corrected chi connectivity index (χ2v) is 1.38. The Bertz CT molecular complexity index is 79.4. The minimum absolute atomic E-state index is 0.174. The summed E-state index contributed by atoms with van der Waals surface area (Å²) in [6.45, 7) is 0.652. The van der Waals surface area contributed by atoms with Crippen LogP contribution in [0, 0.1) is 0 Å². The van der Waals surface area contributed by atoms with Gasteiger partial charge in [-0.05, 0) is 0 Å². The minimum atomic E-state index is -0.174. The molecular formula is C3H7N4O. The molecule has 1 rings (SSSR count). The third-order valence-corrected chi connectivity index (χ3v) is 0.844. The van der Waals surface area contributed by atoms with Gasteiger partial charge in [-0.1, -0.05) is 0 Å². The van der Waals surface area contributed by atoms with Crippen molar-refractivity contribution in [2.24, 2.45) is 0 Å². The zero-order chi connectivity index (χ0) is 5.82. The highest BCUT2D eigenvalue weighted by Gasteiger charge is 2.08. The fraction of sp³-hybridized carbons (Fsp3) is 0.667. The van der Waals surface area contributed by atoms with E-state index in [9.17, 15) is 4.79 Å². The van der Waals surface area contributed by atoms with Gasteiger partial charge in [0.1, 0.15) is 6.29 Å². The summed E-state index contributed by atoms with van der Waals surface area (Å²) in [5.41, 5.74) is 5.48. The maximum absolute atomic E-state index is 9.62. The Morgan fingerprint density at radius 3 is 3.12 bits per heavy atom. The third-order valence-electron chi connectivity index (χ3n) is 0.844. The zero-order valence-corrected chi connectivity index (χ0v) is 4.19. The highest BCUT2D eigenvalue weighted by atomic mass is 16.1. The van der Waals surface area contributed by atoms with E-state index in [1.807, 2.05) is 0 Å². The van der Waals surface area contributed by atoms with Crippen molar-refractivity contribution >= 4 is 6.41 Å². The molecule has 1 heterocycles. The van der Waals surface area contributed by atoms with Gasteiger partial charge in [0, 0.05) is 0 Å². The molecule has 1 aliphatic rings. The first-order valence-electron chi connectivity index (χ1n) is 2.28. The summed E-state index contributed by atoms with van der Waals surface area (Å²) in [6, 6.07) is 0. The number of hydrogen-bond donors (Lipinski definition) is 4. The van der Waals surface area contributed by atoms with Crippen LogP contribution in [0.5, 0.6) is 0 Å². The predicted octanol–water partition coefficient (Wildman–Crippen LogP) is -2.42. The van der Waals surface area contributed by atoms with Crippen LogP contribution in [0.3, 0.4) is 0 Å². The van der Waals surface area contributed by atoms with E-state index in [4.69, 9.17) is 0 Å². The Morgan fingerprint density at radius 2 is 2.62 bits per heavy atom. The lowest BCUT2D eigenvalue weighted by Crippen LogP contribution is -2.45. The summed E-state index contributed by atoms with van der Waals surface area (Å²) in [5.74, 6) is 0. The molecule has 5 heteroatoms. The molecule has 0 aromatic heterocycles. The second kappa shape index (κ2) is 2.61. The molecular weight excluding hydrogens is 108 g/mol. The molecule has 0 aliphatic carbocycles. The van der Waals surface area contributed by atoms with Crippen LogP contribution in [0.1, 0.15) is 0 Å². The predicted molar refractivity (Wildman–Crippen MR) is 26.9 cm³/mol. The molecule has 0 spiro atoms. The lowest BCUT2D eigenvalue weighted by atomic mass is 10.8. The highest BCUT2D eigenvalue weighted by Crippen LogP contribution is 1.69. The molecule has 1 amide bonds. The highest BCUT2D eigenvalue weighted by molar-refractivity contribution is 5.47. The number of carbonyl (C=O) groups excluding carboxylic acids is 1. The maximum atomic E-state index is 9.62. The average molecular weight is 115 g/mol. The van der Waals surface area contributed by atoms with Gasteiger partial charge >= 0.3 is 6.41 Å². The van der Waals surface area contributed by atoms with E-state index in [0.717, 1.165) is 0 Å². The van der Waals surface area contributed by atoms with Crippen LogP contribution in [-0.2, 0) is 4.79 Å². The van der Waals surface area contributed by atoms with Crippen LogP contribution in [-0.4, -0.2) is 19.4 Å². The van der Waals surface area contributed by atoms with Gasteiger partial charge in [0.05, 0.1) is 6.67 Å². The van der Waals surface area contributed by atoms with Crippen LogP contribution in [0.4, 0.5) is 0 Å². The molecule has 1 fully saturated rings. The Hall–Kier alpha value is -0.650. The lowest BCUT2D eigenvalue weighted by molar-refractivity contribution is 0.465. The van der Waals surface area contributed by atoms with Crippen molar-refractivity contribution in [3.63, 3.8) is 0 Å². The first kappa shape index (κ1) is 5.49. The van der Waals surface area contributed by atoms with Crippen molar-refractivity contribution in [1.82, 2.24) is 21.5 Å². The Kier molecular flexibility index (Phi) is 1.79. The first-order chi connectivity index (χ1) is 3.93. The molecule has 0 aromatic carbocycles. The van der Waals surface area contributed by atoms with Crippen LogP contribution in [0.2, 0.25) is 0 Å². The van der Waals surface area contributed by atoms with Crippen molar-refractivity contribution in [1.29, 1.82) is 0 Å². The fourth-order valence-electron chi connectivity index (χ4n) is 0.503. The number of hydrazine groups is 1. The summed E-state index contributed by atoms with van der Waals surface area (Å²) in [4.78, 5) is 9.62. The van der Waals surface area contributed by atoms with Crippen LogP contribution >= 0.6 is 0 Å². The molecule has 5 nitrogen and oxygen atoms in total. The normalized spacial score (nSPS) is 27.8. The Morgan fingerprint density at radius 1 is 1.75 bits per heavy atom. The van der Waals surface area contributed by atoms with Crippen molar-refractivity contribution in [2.75, 3.05) is 6.67 Å². The number of amides is 1. The lowest BCUT2D eigenvalue weighted by Gasteiger charge is -2.04. The van der Waals surface area contributed by atoms with Crippen molar-refractivity contribution in [2.45, 2.75) is 6.29 Å². The van der Waals surface area contributed by atoms with Crippen LogP contribution in [0.15, 0.2) is 0 Å². The van der Waals surface area contributed by atoms with E-state index in [0.29, 0.717) is 6.67 Å². The largest absolute Gasteiger partial charge is 0.319 e. The molecule has 4 N–H and O–H groups in total. The zero-order valence-electron chi connectivity index (χ0n) is 4.19. The summed E-state index contributed by atoms with van der Waals surface area (Å²) >= 11 is 0. The summed E-state index contributed by atoms with van der Waals surface area (Å²) in [6.07, 6.45) is 1.37. The van der Waals surface area contributed by atoms with Crippen molar-refractivity contribution in [3.8, 4) is 0 Å². The molecule has 1 radical (unpaired) electrons. The summed E-state index contributed by atoms with van der Waals surface area (Å²) in [5, 5.41) is 5.22. The van der Waals surface area contributed by atoms with E-state index < -0.39 is 0 Å². The van der Waals surface area contributed by atoms with Gasteiger partial charge in [-0.3, -0.25) is 10.1 Å².